The summed E-state index contributed by atoms with van der Waals surface area (Å²) in [6.07, 6.45) is -5.13. The lowest BCUT2D eigenvalue weighted by Crippen LogP contribution is -2.53. The molecule has 13 heteroatoms. The highest BCUT2D eigenvalue weighted by Crippen LogP contribution is 2.48. The summed E-state index contributed by atoms with van der Waals surface area (Å²) in [6, 6.07) is 13.5. The number of aldehydes is 1. The number of halogens is 4. The molecule has 6 N–H and O–H groups in total. The molecular weight excluding hydrogens is 558 g/mol. The fourth-order valence-corrected chi connectivity index (χ4v) is 4.48. The Morgan fingerprint density at radius 1 is 1.12 bits per heavy atom. The lowest BCUT2D eigenvalue weighted by molar-refractivity contribution is -0.187. The van der Waals surface area contributed by atoms with Gasteiger partial charge < -0.3 is 31.7 Å². The number of pyridine rings is 1. The Morgan fingerprint density at radius 2 is 1.76 bits per heavy atom. The molecule has 0 spiro atoms. The number of amides is 2. The maximum atomic E-state index is 14.8. The molecule has 0 saturated carbocycles. The van der Waals surface area contributed by atoms with E-state index in [9.17, 15) is 31.9 Å². The molecule has 1 aliphatic heterocycles. The van der Waals surface area contributed by atoms with Crippen molar-refractivity contribution in [2.75, 3.05) is 13.2 Å². The van der Waals surface area contributed by atoms with Crippen LogP contribution in [0.1, 0.15) is 23.7 Å². The van der Waals surface area contributed by atoms with E-state index in [1.807, 2.05) is 0 Å². The first kappa shape index (κ1) is 29.9. The van der Waals surface area contributed by atoms with Crippen LogP contribution in [0.3, 0.4) is 0 Å². The van der Waals surface area contributed by atoms with Crippen LogP contribution < -0.4 is 21.5 Å². The number of fused-ring (bicyclic) bond motifs is 1. The second-order valence-corrected chi connectivity index (χ2v) is 9.83. The molecule has 0 saturated heterocycles. The van der Waals surface area contributed by atoms with E-state index < -0.39 is 58.7 Å². The first-order chi connectivity index (χ1) is 19.8. The maximum absolute atomic E-state index is 14.8. The van der Waals surface area contributed by atoms with Crippen LogP contribution >= 0.6 is 0 Å². The van der Waals surface area contributed by atoms with Gasteiger partial charge in [0, 0.05) is 23.9 Å². The predicted octanol–water partition coefficient (Wildman–Crippen LogP) is 3.16. The number of nitrogens with two attached hydrogens (primary N) is 2. The van der Waals surface area contributed by atoms with Gasteiger partial charge in [0.1, 0.15) is 35.6 Å². The molecule has 9 nitrogen and oxygen atoms in total. The zero-order valence-electron chi connectivity index (χ0n) is 22.1. The second kappa shape index (κ2) is 11.1. The van der Waals surface area contributed by atoms with E-state index in [0.717, 1.165) is 18.2 Å². The Morgan fingerprint density at radius 3 is 2.31 bits per heavy atom. The van der Waals surface area contributed by atoms with Gasteiger partial charge in [-0.1, -0.05) is 30.3 Å². The molecular formula is C29H25F4N5O4. The number of benzene rings is 2. The molecule has 4 rings (SSSR count). The predicted molar refractivity (Wildman–Crippen MR) is 145 cm³/mol. The molecule has 2 heterocycles. The molecule has 0 fully saturated rings. The minimum atomic E-state index is -5.31. The van der Waals surface area contributed by atoms with E-state index in [-0.39, 0.29) is 34.9 Å². The van der Waals surface area contributed by atoms with Crippen LogP contribution in [0.2, 0.25) is 0 Å². The molecule has 0 aliphatic carbocycles. The largest absolute Gasteiger partial charge is 0.489 e. The maximum Gasteiger partial charge on any atom is 0.408 e. The zero-order valence-corrected chi connectivity index (χ0v) is 22.1. The van der Waals surface area contributed by atoms with Gasteiger partial charge in [-0.2, -0.15) is 13.2 Å². The average molecular weight is 584 g/mol. The number of carbonyl (C=O) groups is 3. The van der Waals surface area contributed by atoms with E-state index in [2.05, 4.69) is 10.3 Å². The van der Waals surface area contributed by atoms with Crippen LogP contribution in [0.5, 0.6) is 5.75 Å². The van der Waals surface area contributed by atoms with Gasteiger partial charge in [-0.05, 0) is 42.8 Å². The normalized spacial score (nSPS) is 18.1. The number of nitrogens with zero attached hydrogens (tertiary/aromatic N) is 1. The molecule has 2 atom stereocenters. The smallest absolute Gasteiger partial charge is 0.408 e. The molecule has 42 heavy (non-hydrogen) atoms. The fourth-order valence-electron chi connectivity index (χ4n) is 4.48. The third-order valence-corrected chi connectivity index (χ3v) is 7.19. The third kappa shape index (κ3) is 5.08. The topological polar surface area (TPSA) is 161 Å². The van der Waals surface area contributed by atoms with E-state index in [1.54, 1.807) is 30.3 Å². The van der Waals surface area contributed by atoms with Crippen LogP contribution in [-0.4, -0.2) is 48.6 Å². The first-order valence-electron chi connectivity index (χ1n) is 12.4. The molecule has 218 valence electrons. The molecule has 3 aromatic rings. The second-order valence-electron chi connectivity index (χ2n) is 9.83. The lowest BCUT2D eigenvalue weighted by atomic mass is 9.78. The summed E-state index contributed by atoms with van der Waals surface area (Å²) in [5, 5.41) is 9.70. The van der Waals surface area contributed by atoms with E-state index >= 15 is 0 Å². The van der Waals surface area contributed by atoms with Gasteiger partial charge >= 0.3 is 6.18 Å². The summed E-state index contributed by atoms with van der Waals surface area (Å²) >= 11 is 0. The third-order valence-electron chi connectivity index (χ3n) is 7.19. The molecule has 1 aliphatic rings. The van der Waals surface area contributed by atoms with Crippen LogP contribution in [0, 0.1) is 11.2 Å². The fraction of sp³-hybridized carbons (Fsp3) is 0.207. The number of rotatable bonds is 9. The van der Waals surface area contributed by atoms with Crippen molar-refractivity contribution in [2.24, 2.45) is 11.5 Å². The monoisotopic (exact) mass is 583 g/mol. The van der Waals surface area contributed by atoms with Gasteiger partial charge in [0.25, 0.3) is 5.91 Å². The Labute approximate surface area is 237 Å². The van der Waals surface area contributed by atoms with Gasteiger partial charge in [0.05, 0.1) is 17.0 Å². The number of ether oxygens (including phenoxy) is 1. The van der Waals surface area contributed by atoms with Crippen LogP contribution in [0.4, 0.5) is 17.6 Å². The van der Waals surface area contributed by atoms with E-state index in [1.165, 1.54) is 19.1 Å². The molecule has 2 aromatic carbocycles. The lowest BCUT2D eigenvalue weighted by Gasteiger charge is -2.31. The van der Waals surface area contributed by atoms with Gasteiger partial charge in [-0.3, -0.25) is 9.59 Å². The Balaban J connectivity index is 1.87. The van der Waals surface area contributed by atoms with Gasteiger partial charge in [0.15, 0.2) is 5.41 Å². The van der Waals surface area contributed by atoms with Gasteiger partial charge in [-0.15, -0.1) is 0 Å². The van der Waals surface area contributed by atoms with Crippen molar-refractivity contribution >= 4 is 30.0 Å². The number of aromatic nitrogens is 1. The van der Waals surface area contributed by atoms with Crippen molar-refractivity contribution < 1.29 is 36.7 Å². The number of primary amides is 1. The Hall–Kier alpha value is -5.07. The Bertz CT molecular complexity index is 1590. The number of hydrogen-bond acceptors (Lipinski definition) is 7. The highest BCUT2D eigenvalue weighted by Gasteiger charge is 2.59. The zero-order chi connectivity index (χ0) is 30.9. The standard InChI is InChI=1S/C29H25F4N5O4/c1-27(26(36)41)15-42-24-20(27)11-21(38-23(24)17-7-9-18(30)10-8-17)28(14-39,29(31,32)33)13-37-25(40)19(12-34)22(35)16-5-3-2-4-6-16/h2-12,14,34H,13,15,35H2,1H3,(H2,36,41)(H,37,40)/b22-19+,34-12?/t27-,28-/m0/s1. The molecule has 2 amide bonds. The summed E-state index contributed by atoms with van der Waals surface area (Å²) in [6.45, 7) is -0.286. The van der Waals surface area contributed by atoms with Crippen LogP contribution in [-0.2, 0) is 25.2 Å². The number of nitrogens with one attached hydrogen (secondary N) is 2. The van der Waals surface area contributed by atoms with Crippen molar-refractivity contribution in [1.29, 1.82) is 5.41 Å². The highest BCUT2D eigenvalue weighted by atomic mass is 19.4. The number of alkyl halides is 3. The number of carbonyl (C=O) groups excluding carboxylic acids is 3. The van der Waals surface area contributed by atoms with E-state index in [0.29, 0.717) is 11.8 Å². The van der Waals surface area contributed by atoms with Crippen molar-refractivity contribution in [3.05, 3.63) is 88.9 Å². The minimum Gasteiger partial charge on any atom is -0.489 e. The summed E-state index contributed by atoms with van der Waals surface area (Å²) < 4.78 is 63.8. The van der Waals surface area contributed by atoms with Crippen molar-refractivity contribution in [2.45, 2.75) is 23.9 Å². The molecule has 0 unspecified atom stereocenters. The first-order valence-corrected chi connectivity index (χ1v) is 12.4. The summed E-state index contributed by atoms with van der Waals surface area (Å²) in [7, 11) is 0. The quantitative estimate of drug-likeness (QED) is 0.131. The Kier molecular flexibility index (Phi) is 7.88. The molecule has 1 aromatic heterocycles. The SMILES string of the molecule is C[C@]1(C(N)=O)COc2c1cc([C@@](C=O)(CNC(=O)/C(C=N)=C(/N)c1ccccc1)C(F)(F)F)nc2-c1ccc(F)cc1. The van der Waals surface area contributed by atoms with Crippen LogP contribution in [0.25, 0.3) is 17.0 Å². The molecule has 0 bridgehead atoms. The van der Waals surface area contributed by atoms with Gasteiger partial charge in [-0.25, -0.2) is 9.37 Å². The average Bonchev–Trinajstić information content (AvgIpc) is 3.31. The van der Waals surface area contributed by atoms with E-state index in [4.69, 9.17) is 21.6 Å². The van der Waals surface area contributed by atoms with Crippen molar-refractivity contribution in [1.82, 2.24) is 10.3 Å². The van der Waals surface area contributed by atoms with Crippen molar-refractivity contribution in [3.63, 3.8) is 0 Å². The minimum absolute atomic E-state index is 0.0534. The summed E-state index contributed by atoms with van der Waals surface area (Å²) in [5.41, 5.74) is 5.33. The summed E-state index contributed by atoms with van der Waals surface area (Å²) in [4.78, 5) is 41.9. The number of hydrogen-bond donors (Lipinski definition) is 4. The van der Waals surface area contributed by atoms with Crippen LogP contribution in [0.15, 0.2) is 66.2 Å². The highest BCUT2D eigenvalue weighted by molar-refractivity contribution is 6.17. The van der Waals surface area contributed by atoms with Gasteiger partial charge in [0.2, 0.25) is 5.91 Å². The van der Waals surface area contributed by atoms with Crippen molar-refractivity contribution in [3.8, 4) is 17.0 Å². The molecule has 0 radical (unpaired) electrons. The summed E-state index contributed by atoms with van der Waals surface area (Å²) in [5.74, 6) is -2.73.